The minimum absolute atomic E-state index is 0.356. The SMILES string of the molecule is C=C(C)CCC(NC)c1ccc(C)c(Cl)c1. The van der Waals surface area contributed by atoms with Gasteiger partial charge in [0.05, 0.1) is 0 Å². The van der Waals surface area contributed by atoms with E-state index in [9.17, 15) is 0 Å². The van der Waals surface area contributed by atoms with E-state index in [1.807, 2.05) is 14.0 Å². The summed E-state index contributed by atoms with van der Waals surface area (Å²) in [5.41, 5.74) is 3.60. The van der Waals surface area contributed by atoms with Gasteiger partial charge >= 0.3 is 0 Å². The van der Waals surface area contributed by atoms with Crippen LogP contribution < -0.4 is 5.32 Å². The lowest BCUT2D eigenvalue weighted by atomic mass is 9.99. The van der Waals surface area contributed by atoms with Gasteiger partial charge in [0.1, 0.15) is 0 Å². The van der Waals surface area contributed by atoms with Crippen LogP contribution in [0.4, 0.5) is 0 Å². The van der Waals surface area contributed by atoms with Gasteiger partial charge in [-0.1, -0.05) is 29.3 Å². The van der Waals surface area contributed by atoms with Gasteiger partial charge in [0.15, 0.2) is 0 Å². The summed E-state index contributed by atoms with van der Waals surface area (Å²) in [7, 11) is 1.98. The molecule has 0 fully saturated rings. The summed E-state index contributed by atoms with van der Waals surface area (Å²) in [6, 6.07) is 6.62. The topological polar surface area (TPSA) is 12.0 Å². The van der Waals surface area contributed by atoms with Crippen molar-refractivity contribution in [3.05, 3.63) is 46.5 Å². The fourth-order valence-electron chi connectivity index (χ4n) is 1.69. The molecule has 0 aliphatic rings. The van der Waals surface area contributed by atoms with E-state index < -0.39 is 0 Å². The standard InChI is InChI=1S/C14H20ClN/c1-10(2)5-8-14(16-4)12-7-6-11(3)13(15)9-12/h6-7,9,14,16H,1,5,8H2,2-4H3. The first-order valence-corrected chi connectivity index (χ1v) is 6.00. The molecule has 1 aromatic rings. The lowest BCUT2D eigenvalue weighted by Crippen LogP contribution is -2.16. The molecule has 1 N–H and O–H groups in total. The van der Waals surface area contributed by atoms with Crippen molar-refractivity contribution in [2.45, 2.75) is 32.7 Å². The fourth-order valence-corrected chi connectivity index (χ4v) is 1.88. The van der Waals surface area contributed by atoms with Gasteiger partial charge in [0.2, 0.25) is 0 Å². The maximum Gasteiger partial charge on any atom is 0.0438 e. The molecule has 0 amide bonds. The smallest absolute Gasteiger partial charge is 0.0438 e. The number of allylic oxidation sites excluding steroid dienone is 1. The number of nitrogens with one attached hydrogen (secondary N) is 1. The molecule has 0 bridgehead atoms. The van der Waals surface area contributed by atoms with Gasteiger partial charge in [0.25, 0.3) is 0 Å². The molecule has 88 valence electrons. The second-order valence-corrected chi connectivity index (χ2v) is 4.75. The Balaban J connectivity index is 2.78. The van der Waals surface area contributed by atoms with Crippen LogP contribution in [0.3, 0.4) is 0 Å². The second-order valence-electron chi connectivity index (χ2n) is 4.35. The van der Waals surface area contributed by atoms with Crippen molar-refractivity contribution < 1.29 is 0 Å². The molecule has 0 spiro atoms. The Morgan fingerprint density at radius 2 is 2.19 bits per heavy atom. The zero-order valence-corrected chi connectivity index (χ0v) is 11.1. The van der Waals surface area contributed by atoms with Crippen LogP contribution in [0.2, 0.25) is 5.02 Å². The Labute approximate surface area is 104 Å². The third-order valence-corrected chi connectivity index (χ3v) is 3.21. The zero-order chi connectivity index (χ0) is 12.1. The third kappa shape index (κ3) is 3.66. The molecule has 0 saturated carbocycles. The Morgan fingerprint density at radius 1 is 1.50 bits per heavy atom. The van der Waals surface area contributed by atoms with E-state index in [2.05, 4.69) is 37.0 Å². The molecule has 2 heteroatoms. The van der Waals surface area contributed by atoms with Gasteiger partial charge in [-0.15, -0.1) is 6.58 Å². The molecule has 1 rings (SSSR count). The number of benzene rings is 1. The van der Waals surface area contributed by atoms with Crippen LogP contribution in [0.15, 0.2) is 30.4 Å². The predicted molar refractivity (Wildman–Crippen MR) is 72.0 cm³/mol. The maximum absolute atomic E-state index is 6.13. The normalized spacial score (nSPS) is 12.5. The molecule has 0 aromatic heterocycles. The van der Waals surface area contributed by atoms with Gasteiger partial charge < -0.3 is 5.32 Å². The summed E-state index contributed by atoms with van der Waals surface area (Å²) < 4.78 is 0. The van der Waals surface area contributed by atoms with E-state index in [4.69, 9.17) is 11.6 Å². The largest absolute Gasteiger partial charge is 0.313 e. The Kier molecular flexibility index (Phi) is 5.04. The highest BCUT2D eigenvalue weighted by atomic mass is 35.5. The molecule has 1 aromatic carbocycles. The lowest BCUT2D eigenvalue weighted by Gasteiger charge is -2.17. The van der Waals surface area contributed by atoms with Crippen molar-refractivity contribution >= 4 is 11.6 Å². The van der Waals surface area contributed by atoms with Gasteiger partial charge in [-0.05, 0) is 50.9 Å². The van der Waals surface area contributed by atoms with Crippen molar-refractivity contribution in [3.8, 4) is 0 Å². The molecular weight excluding hydrogens is 218 g/mol. The molecule has 1 nitrogen and oxygen atoms in total. The average Bonchev–Trinajstić information content (AvgIpc) is 2.23. The minimum Gasteiger partial charge on any atom is -0.313 e. The first-order valence-electron chi connectivity index (χ1n) is 5.62. The molecule has 0 radical (unpaired) electrons. The first kappa shape index (κ1) is 13.3. The Morgan fingerprint density at radius 3 is 2.69 bits per heavy atom. The Hall–Kier alpha value is -0.790. The minimum atomic E-state index is 0.356. The number of aryl methyl sites for hydroxylation is 1. The second kappa shape index (κ2) is 6.07. The lowest BCUT2D eigenvalue weighted by molar-refractivity contribution is 0.548. The number of rotatable bonds is 5. The van der Waals surface area contributed by atoms with Gasteiger partial charge in [-0.2, -0.15) is 0 Å². The summed E-state index contributed by atoms with van der Waals surface area (Å²) in [4.78, 5) is 0. The quantitative estimate of drug-likeness (QED) is 0.755. The van der Waals surface area contributed by atoms with Gasteiger partial charge in [0, 0.05) is 11.1 Å². The van der Waals surface area contributed by atoms with Crippen molar-refractivity contribution in [2.75, 3.05) is 7.05 Å². The highest BCUT2D eigenvalue weighted by Crippen LogP contribution is 2.24. The molecule has 1 unspecified atom stereocenters. The summed E-state index contributed by atoms with van der Waals surface area (Å²) in [6.45, 7) is 8.02. The van der Waals surface area contributed by atoms with Crippen molar-refractivity contribution in [1.29, 1.82) is 0 Å². The van der Waals surface area contributed by atoms with E-state index in [1.165, 1.54) is 11.1 Å². The van der Waals surface area contributed by atoms with Crippen LogP contribution in [0, 0.1) is 6.92 Å². The average molecular weight is 238 g/mol. The van der Waals surface area contributed by atoms with Crippen LogP contribution in [0.5, 0.6) is 0 Å². The molecule has 0 aliphatic carbocycles. The van der Waals surface area contributed by atoms with Crippen molar-refractivity contribution in [1.82, 2.24) is 5.32 Å². The molecule has 1 atom stereocenters. The molecule has 0 heterocycles. The van der Waals surface area contributed by atoms with Crippen LogP contribution >= 0.6 is 11.6 Å². The number of halogens is 1. The monoisotopic (exact) mass is 237 g/mol. The molecular formula is C14H20ClN. The Bertz CT molecular complexity index is 371. The van der Waals surface area contributed by atoms with Crippen LogP contribution in [-0.2, 0) is 0 Å². The summed E-state index contributed by atoms with van der Waals surface area (Å²) >= 11 is 6.13. The maximum atomic E-state index is 6.13. The van der Waals surface area contributed by atoms with Gasteiger partial charge in [-0.25, -0.2) is 0 Å². The van der Waals surface area contributed by atoms with Crippen LogP contribution in [0.1, 0.15) is 36.9 Å². The van der Waals surface area contributed by atoms with Crippen molar-refractivity contribution in [2.24, 2.45) is 0 Å². The number of hydrogen-bond donors (Lipinski definition) is 1. The molecule has 0 saturated heterocycles. The van der Waals surface area contributed by atoms with Crippen LogP contribution in [-0.4, -0.2) is 7.05 Å². The fraction of sp³-hybridized carbons (Fsp3) is 0.429. The zero-order valence-electron chi connectivity index (χ0n) is 10.3. The van der Waals surface area contributed by atoms with E-state index >= 15 is 0 Å². The molecule has 16 heavy (non-hydrogen) atoms. The predicted octanol–water partition coefficient (Wildman–Crippen LogP) is 4.27. The van der Waals surface area contributed by atoms with E-state index in [1.54, 1.807) is 0 Å². The van der Waals surface area contributed by atoms with Gasteiger partial charge in [-0.3, -0.25) is 0 Å². The summed E-state index contributed by atoms with van der Waals surface area (Å²) in [6.07, 6.45) is 2.10. The van der Waals surface area contributed by atoms with Crippen LogP contribution in [0.25, 0.3) is 0 Å². The summed E-state index contributed by atoms with van der Waals surface area (Å²) in [5, 5.41) is 4.16. The summed E-state index contributed by atoms with van der Waals surface area (Å²) in [5.74, 6) is 0. The number of hydrogen-bond acceptors (Lipinski definition) is 1. The highest BCUT2D eigenvalue weighted by molar-refractivity contribution is 6.31. The highest BCUT2D eigenvalue weighted by Gasteiger charge is 2.09. The van der Waals surface area contributed by atoms with E-state index in [-0.39, 0.29) is 0 Å². The van der Waals surface area contributed by atoms with Crippen molar-refractivity contribution in [3.63, 3.8) is 0 Å². The van der Waals surface area contributed by atoms with E-state index in [0.29, 0.717) is 6.04 Å². The third-order valence-electron chi connectivity index (χ3n) is 2.81. The first-order chi connectivity index (χ1) is 7.54. The molecule has 0 aliphatic heterocycles. The van der Waals surface area contributed by atoms with E-state index in [0.717, 1.165) is 23.4 Å².